The first-order valence-electron chi connectivity index (χ1n) is 6.54. The van der Waals surface area contributed by atoms with Gasteiger partial charge in [-0.1, -0.05) is 30.3 Å². The average molecular weight is 320 g/mol. The monoisotopic (exact) mass is 320 g/mol. The van der Waals surface area contributed by atoms with Crippen molar-refractivity contribution in [3.8, 4) is 5.75 Å². The molecule has 5 nitrogen and oxygen atoms in total. The predicted octanol–water partition coefficient (Wildman–Crippen LogP) is 2.68. The largest absolute Gasteiger partial charge is 0.488 e. The zero-order chi connectivity index (χ0) is 16.3. The van der Waals surface area contributed by atoms with Gasteiger partial charge in [0.25, 0.3) is 0 Å². The van der Waals surface area contributed by atoms with Gasteiger partial charge < -0.3 is 9.84 Å². The molecule has 2 aromatic rings. The van der Waals surface area contributed by atoms with Crippen molar-refractivity contribution in [1.29, 1.82) is 0 Å². The maximum Gasteiger partial charge on any atom is 0.335 e. The van der Waals surface area contributed by atoms with E-state index in [0.717, 1.165) is 17.9 Å². The minimum absolute atomic E-state index is 0.0486. The number of aromatic carboxylic acids is 1. The smallest absolute Gasteiger partial charge is 0.335 e. The van der Waals surface area contributed by atoms with E-state index >= 15 is 0 Å². The van der Waals surface area contributed by atoms with Crippen LogP contribution in [0.15, 0.2) is 47.4 Å². The lowest BCUT2D eigenvalue weighted by Gasteiger charge is -2.13. The van der Waals surface area contributed by atoms with Crippen molar-refractivity contribution in [2.75, 3.05) is 6.26 Å². The predicted molar refractivity (Wildman–Crippen MR) is 82.0 cm³/mol. The van der Waals surface area contributed by atoms with Crippen LogP contribution in [0.5, 0.6) is 5.75 Å². The number of carbonyl (C=O) groups is 1. The Morgan fingerprint density at radius 3 is 2.36 bits per heavy atom. The van der Waals surface area contributed by atoms with Gasteiger partial charge >= 0.3 is 5.97 Å². The van der Waals surface area contributed by atoms with Crippen LogP contribution in [0.25, 0.3) is 0 Å². The molecule has 0 amide bonds. The second kappa shape index (κ2) is 6.19. The normalized spacial score (nSPS) is 11.2. The number of ether oxygens (including phenoxy) is 1. The van der Waals surface area contributed by atoms with Gasteiger partial charge in [-0.15, -0.1) is 0 Å². The lowest BCUT2D eigenvalue weighted by molar-refractivity contribution is 0.0695. The van der Waals surface area contributed by atoms with Crippen molar-refractivity contribution in [2.24, 2.45) is 0 Å². The Balaban J connectivity index is 2.42. The van der Waals surface area contributed by atoms with Crippen LogP contribution >= 0.6 is 0 Å². The summed E-state index contributed by atoms with van der Waals surface area (Å²) in [7, 11) is -3.60. The summed E-state index contributed by atoms with van der Waals surface area (Å²) >= 11 is 0. The van der Waals surface area contributed by atoms with E-state index in [-0.39, 0.29) is 22.8 Å². The van der Waals surface area contributed by atoms with Crippen LogP contribution in [0.2, 0.25) is 0 Å². The Bertz CT molecular complexity index is 795. The molecule has 0 saturated carbocycles. The van der Waals surface area contributed by atoms with Gasteiger partial charge in [-0.25, -0.2) is 13.2 Å². The molecular formula is C16H16O5S. The number of aryl methyl sites for hydroxylation is 1. The van der Waals surface area contributed by atoms with Crippen molar-refractivity contribution < 1.29 is 23.1 Å². The summed E-state index contributed by atoms with van der Waals surface area (Å²) in [6.07, 6.45) is 1.03. The second-order valence-electron chi connectivity index (χ2n) is 4.97. The van der Waals surface area contributed by atoms with Crippen molar-refractivity contribution >= 4 is 15.8 Å². The Labute approximate surface area is 129 Å². The van der Waals surface area contributed by atoms with Crippen LogP contribution < -0.4 is 4.74 Å². The molecule has 0 saturated heterocycles. The van der Waals surface area contributed by atoms with Crippen LogP contribution in [0.3, 0.4) is 0 Å². The fourth-order valence-electron chi connectivity index (χ4n) is 2.03. The van der Waals surface area contributed by atoms with Gasteiger partial charge in [0.2, 0.25) is 0 Å². The number of rotatable bonds is 5. The third-order valence-corrected chi connectivity index (χ3v) is 4.28. The molecule has 0 heterocycles. The number of hydrogen-bond acceptors (Lipinski definition) is 4. The molecule has 0 bridgehead atoms. The molecular weight excluding hydrogens is 304 g/mol. The quantitative estimate of drug-likeness (QED) is 0.916. The van der Waals surface area contributed by atoms with E-state index in [0.29, 0.717) is 5.56 Å². The van der Waals surface area contributed by atoms with Gasteiger partial charge in [-0.05, 0) is 30.2 Å². The molecule has 0 spiro atoms. The van der Waals surface area contributed by atoms with E-state index in [1.807, 2.05) is 30.3 Å². The van der Waals surface area contributed by atoms with Gasteiger partial charge in [0.05, 0.1) is 5.56 Å². The maximum absolute atomic E-state index is 11.9. The zero-order valence-corrected chi connectivity index (χ0v) is 13.1. The van der Waals surface area contributed by atoms with Crippen LogP contribution in [0.4, 0.5) is 0 Å². The standard InChI is InChI=1S/C16H16O5S/c1-11-8-14(21-10-12-6-4-3-5-7-12)15(22(2,19)20)9-13(11)16(17)18/h3-9H,10H2,1-2H3,(H,17,18). The Hall–Kier alpha value is -2.34. The first kappa shape index (κ1) is 16.0. The SMILES string of the molecule is Cc1cc(OCc2ccccc2)c(S(C)(=O)=O)cc1C(=O)O. The first-order chi connectivity index (χ1) is 10.3. The molecule has 0 atom stereocenters. The van der Waals surface area contributed by atoms with Crippen molar-refractivity contribution in [2.45, 2.75) is 18.4 Å². The third kappa shape index (κ3) is 3.65. The van der Waals surface area contributed by atoms with Crippen LogP contribution in [-0.2, 0) is 16.4 Å². The van der Waals surface area contributed by atoms with Crippen molar-refractivity contribution in [1.82, 2.24) is 0 Å². The summed E-state index contributed by atoms with van der Waals surface area (Å²) in [4.78, 5) is 11.0. The summed E-state index contributed by atoms with van der Waals surface area (Å²) in [6, 6.07) is 11.9. The van der Waals surface area contributed by atoms with Crippen molar-refractivity contribution in [3.63, 3.8) is 0 Å². The van der Waals surface area contributed by atoms with Gasteiger partial charge in [0, 0.05) is 6.26 Å². The molecule has 1 N–H and O–H groups in total. The highest BCUT2D eigenvalue weighted by Gasteiger charge is 2.20. The minimum atomic E-state index is -3.60. The highest BCUT2D eigenvalue weighted by Crippen LogP contribution is 2.28. The number of benzene rings is 2. The highest BCUT2D eigenvalue weighted by atomic mass is 32.2. The summed E-state index contributed by atoms with van der Waals surface area (Å²) in [5.41, 5.74) is 1.29. The molecule has 2 rings (SSSR count). The van der Waals surface area contributed by atoms with E-state index in [1.165, 1.54) is 6.07 Å². The molecule has 0 aliphatic carbocycles. The molecule has 0 aliphatic heterocycles. The lowest BCUT2D eigenvalue weighted by Crippen LogP contribution is -2.08. The molecule has 0 aromatic heterocycles. The molecule has 0 radical (unpaired) electrons. The van der Waals surface area contributed by atoms with Gasteiger partial charge in [0.1, 0.15) is 17.3 Å². The molecule has 0 fully saturated rings. The number of hydrogen-bond donors (Lipinski definition) is 1. The minimum Gasteiger partial charge on any atom is -0.488 e. The fourth-order valence-corrected chi connectivity index (χ4v) is 2.85. The molecule has 116 valence electrons. The van der Waals surface area contributed by atoms with Gasteiger partial charge in [-0.2, -0.15) is 0 Å². The van der Waals surface area contributed by atoms with Crippen molar-refractivity contribution in [3.05, 3.63) is 59.2 Å². The molecule has 6 heteroatoms. The summed E-state index contributed by atoms with van der Waals surface area (Å²) in [5.74, 6) is -1.01. The third-order valence-electron chi connectivity index (χ3n) is 3.16. The average Bonchev–Trinajstić information content (AvgIpc) is 2.44. The van der Waals surface area contributed by atoms with Gasteiger partial charge in [0.15, 0.2) is 9.84 Å². The fraction of sp³-hybridized carbons (Fsp3) is 0.188. The van der Waals surface area contributed by atoms with E-state index < -0.39 is 15.8 Å². The number of carboxylic acids is 1. The molecule has 2 aromatic carbocycles. The summed E-state index contributed by atoms with van der Waals surface area (Å²) in [5, 5.41) is 9.12. The van der Waals surface area contributed by atoms with E-state index in [1.54, 1.807) is 6.92 Å². The second-order valence-corrected chi connectivity index (χ2v) is 6.95. The maximum atomic E-state index is 11.9. The number of carboxylic acid groups (broad SMARTS) is 1. The van der Waals surface area contributed by atoms with E-state index in [4.69, 9.17) is 9.84 Å². The first-order valence-corrected chi connectivity index (χ1v) is 8.43. The zero-order valence-electron chi connectivity index (χ0n) is 12.2. The number of sulfone groups is 1. The van der Waals surface area contributed by atoms with Crippen LogP contribution in [0, 0.1) is 6.92 Å². The van der Waals surface area contributed by atoms with Crippen LogP contribution in [0.1, 0.15) is 21.5 Å². The Morgan fingerprint density at radius 2 is 1.82 bits per heavy atom. The van der Waals surface area contributed by atoms with E-state index in [9.17, 15) is 13.2 Å². The molecule has 0 unspecified atom stereocenters. The summed E-state index contributed by atoms with van der Waals surface area (Å²) in [6.45, 7) is 1.81. The molecule has 22 heavy (non-hydrogen) atoms. The van der Waals surface area contributed by atoms with Gasteiger partial charge in [-0.3, -0.25) is 0 Å². The van der Waals surface area contributed by atoms with Crippen LogP contribution in [-0.4, -0.2) is 25.7 Å². The Morgan fingerprint density at radius 1 is 1.18 bits per heavy atom. The molecule has 0 aliphatic rings. The lowest BCUT2D eigenvalue weighted by atomic mass is 10.1. The Kier molecular flexibility index (Phi) is 4.51. The highest BCUT2D eigenvalue weighted by molar-refractivity contribution is 7.90. The summed E-state index contributed by atoms with van der Waals surface area (Å²) < 4.78 is 29.3. The topological polar surface area (TPSA) is 80.7 Å². The van der Waals surface area contributed by atoms with E-state index in [2.05, 4.69) is 0 Å².